The highest BCUT2D eigenvalue weighted by Gasteiger charge is 2.19. The number of rotatable bonds is 4. The first-order valence-corrected chi connectivity index (χ1v) is 6.02. The quantitative estimate of drug-likeness (QED) is 0.867. The monoisotopic (exact) mass is 281 g/mol. The summed E-state index contributed by atoms with van der Waals surface area (Å²) in [5.41, 5.74) is 0.733. The van der Waals surface area contributed by atoms with Crippen molar-refractivity contribution in [2.75, 3.05) is 14.2 Å². The normalized spacial score (nSPS) is 12.2. The molecule has 0 aliphatic heterocycles. The second-order valence-corrected chi connectivity index (χ2v) is 4.29. The lowest BCUT2D eigenvalue weighted by molar-refractivity contribution is 0.413. The molecule has 0 heterocycles. The first-order chi connectivity index (χ1) is 9.56. The van der Waals surface area contributed by atoms with Gasteiger partial charge in [0.1, 0.15) is 11.6 Å². The molecule has 1 atom stereocenters. The summed E-state index contributed by atoms with van der Waals surface area (Å²) >= 11 is 0. The fourth-order valence-electron chi connectivity index (χ4n) is 2.08. The summed E-state index contributed by atoms with van der Waals surface area (Å²) in [6.45, 7) is 0. The molecule has 2 aromatic rings. The van der Waals surface area contributed by atoms with E-state index in [2.05, 4.69) is 5.32 Å². The van der Waals surface area contributed by atoms with Crippen LogP contribution in [0.15, 0.2) is 36.4 Å². The molecule has 5 heteroatoms. The van der Waals surface area contributed by atoms with Crippen LogP contribution in [-0.2, 0) is 0 Å². The van der Waals surface area contributed by atoms with Crippen LogP contribution in [0.1, 0.15) is 17.2 Å². The number of hydrogen-bond donors (Lipinski definition) is 1. The van der Waals surface area contributed by atoms with Crippen LogP contribution < -0.4 is 10.1 Å². The lowest BCUT2D eigenvalue weighted by Crippen LogP contribution is -2.19. The first-order valence-electron chi connectivity index (χ1n) is 6.02. The van der Waals surface area contributed by atoms with Crippen molar-refractivity contribution >= 4 is 0 Å². The van der Waals surface area contributed by atoms with Gasteiger partial charge in [-0.25, -0.2) is 13.2 Å². The fraction of sp³-hybridized carbons (Fsp3) is 0.200. The molecule has 0 amide bonds. The molecular formula is C15H14F3NO. The molecule has 0 aromatic heterocycles. The Morgan fingerprint density at radius 2 is 1.70 bits per heavy atom. The average Bonchev–Trinajstić information content (AvgIpc) is 2.45. The molecule has 0 aliphatic carbocycles. The highest BCUT2D eigenvalue weighted by Crippen LogP contribution is 2.28. The first kappa shape index (κ1) is 14.4. The molecule has 1 N–H and O–H groups in total. The van der Waals surface area contributed by atoms with Gasteiger partial charge >= 0.3 is 0 Å². The predicted molar refractivity (Wildman–Crippen MR) is 70.2 cm³/mol. The third kappa shape index (κ3) is 2.77. The summed E-state index contributed by atoms with van der Waals surface area (Å²) < 4.78 is 45.3. The molecule has 2 rings (SSSR count). The van der Waals surface area contributed by atoms with Gasteiger partial charge in [0.15, 0.2) is 11.6 Å². The van der Waals surface area contributed by atoms with E-state index in [1.165, 1.54) is 7.11 Å². The van der Waals surface area contributed by atoms with Crippen molar-refractivity contribution in [3.05, 3.63) is 65.0 Å². The minimum absolute atomic E-state index is 0.0413. The molecular weight excluding hydrogens is 267 g/mol. The highest BCUT2D eigenvalue weighted by atomic mass is 19.2. The lowest BCUT2D eigenvalue weighted by Gasteiger charge is -2.18. The van der Waals surface area contributed by atoms with Crippen LogP contribution in [0.5, 0.6) is 5.75 Å². The van der Waals surface area contributed by atoms with Crippen LogP contribution >= 0.6 is 0 Å². The van der Waals surface area contributed by atoms with Gasteiger partial charge in [0.05, 0.1) is 13.2 Å². The zero-order valence-corrected chi connectivity index (χ0v) is 11.1. The molecule has 0 aliphatic rings. The van der Waals surface area contributed by atoms with Crippen molar-refractivity contribution in [2.24, 2.45) is 0 Å². The van der Waals surface area contributed by atoms with Gasteiger partial charge in [-0.3, -0.25) is 0 Å². The molecule has 1 unspecified atom stereocenters. The van der Waals surface area contributed by atoms with Crippen molar-refractivity contribution in [1.82, 2.24) is 5.32 Å². The van der Waals surface area contributed by atoms with Crippen molar-refractivity contribution in [2.45, 2.75) is 6.04 Å². The van der Waals surface area contributed by atoms with Crippen LogP contribution in [0.25, 0.3) is 0 Å². The number of ether oxygens (including phenoxy) is 1. The maximum Gasteiger partial charge on any atom is 0.161 e. The SMILES string of the molecule is CNC(c1cccc(OC)c1)c1cc(F)c(F)cc1F. The summed E-state index contributed by atoms with van der Waals surface area (Å²) in [7, 11) is 3.14. The smallest absolute Gasteiger partial charge is 0.161 e. The van der Waals surface area contributed by atoms with Crippen LogP contribution in [0.4, 0.5) is 13.2 Å². The van der Waals surface area contributed by atoms with E-state index in [1.54, 1.807) is 31.3 Å². The number of nitrogens with one attached hydrogen (secondary N) is 1. The second kappa shape index (κ2) is 5.96. The zero-order valence-electron chi connectivity index (χ0n) is 11.1. The van der Waals surface area contributed by atoms with E-state index in [0.717, 1.165) is 6.07 Å². The Labute approximate surface area is 115 Å². The molecule has 106 valence electrons. The van der Waals surface area contributed by atoms with E-state index < -0.39 is 23.5 Å². The third-order valence-electron chi connectivity index (χ3n) is 3.07. The van der Waals surface area contributed by atoms with Crippen molar-refractivity contribution in [3.63, 3.8) is 0 Å². The molecule has 0 bridgehead atoms. The molecule has 2 nitrogen and oxygen atoms in total. The van der Waals surface area contributed by atoms with Gasteiger partial charge in [-0.15, -0.1) is 0 Å². The van der Waals surface area contributed by atoms with Crippen LogP contribution in [0, 0.1) is 17.5 Å². The number of hydrogen-bond acceptors (Lipinski definition) is 2. The molecule has 2 aromatic carbocycles. The summed E-state index contributed by atoms with van der Waals surface area (Å²) in [5.74, 6) is -2.48. The maximum absolute atomic E-state index is 13.9. The van der Waals surface area contributed by atoms with Crippen molar-refractivity contribution < 1.29 is 17.9 Å². The van der Waals surface area contributed by atoms with Gasteiger partial charge in [-0.05, 0) is 30.8 Å². The number of benzene rings is 2. The van der Waals surface area contributed by atoms with Gasteiger partial charge < -0.3 is 10.1 Å². The van der Waals surface area contributed by atoms with E-state index in [4.69, 9.17) is 4.74 Å². The van der Waals surface area contributed by atoms with E-state index >= 15 is 0 Å². The molecule has 20 heavy (non-hydrogen) atoms. The van der Waals surface area contributed by atoms with Crippen LogP contribution in [0.2, 0.25) is 0 Å². The molecule has 0 saturated heterocycles. The van der Waals surface area contributed by atoms with E-state index in [1.807, 2.05) is 0 Å². The summed E-state index contributed by atoms with van der Waals surface area (Å²) in [5, 5.41) is 2.89. The lowest BCUT2D eigenvalue weighted by atomic mass is 9.98. The van der Waals surface area contributed by atoms with Gasteiger partial charge in [0, 0.05) is 11.6 Å². The van der Waals surface area contributed by atoms with Crippen molar-refractivity contribution in [3.8, 4) is 5.75 Å². The van der Waals surface area contributed by atoms with E-state index in [-0.39, 0.29) is 5.56 Å². The van der Waals surface area contributed by atoms with Gasteiger partial charge in [-0.2, -0.15) is 0 Å². The Hall–Kier alpha value is -2.01. The molecule has 0 fully saturated rings. The second-order valence-electron chi connectivity index (χ2n) is 4.29. The highest BCUT2D eigenvalue weighted by molar-refractivity contribution is 5.37. The van der Waals surface area contributed by atoms with Gasteiger partial charge in [0.2, 0.25) is 0 Å². The topological polar surface area (TPSA) is 21.3 Å². The Balaban J connectivity index is 2.49. The minimum atomic E-state index is -1.20. The van der Waals surface area contributed by atoms with Gasteiger partial charge in [-0.1, -0.05) is 12.1 Å². The summed E-state index contributed by atoms with van der Waals surface area (Å²) in [4.78, 5) is 0. The molecule has 0 spiro atoms. The largest absolute Gasteiger partial charge is 0.497 e. The van der Waals surface area contributed by atoms with E-state index in [0.29, 0.717) is 17.4 Å². The standard InChI is InChI=1S/C15H14F3NO/c1-19-15(9-4-3-5-10(6-9)20-2)11-7-13(17)14(18)8-12(11)16/h3-8,15,19H,1-2H3. The molecule has 0 radical (unpaired) electrons. The Morgan fingerprint density at radius 3 is 2.35 bits per heavy atom. The molecule has 0 saturated carbocycles. The predicted octanol–water partition coefficient (Wildman–Crippen LogP) is 3.42. The number of halogens is 3. The van der Waals surface area contributed by atoms with Crippen LogP contribution in [0.3, 0.4) is 0 Å². The van der Waals surface area contributed by atoms with Gasteiger partial charge in [0.25, 0.3) is 0 Å². The van der Waals surface area contributed by atoms with Crippen molar-refractivity contribution in [1.29, 1.82) is 0 Å². The Bertz CT molecular complexity index is 616. The number of methoxy groups -OCH3 is 1. The maximum atomic E-state index is 13.9. The third-order valence-corrected chi connectivity index (χ3v) is 3.07. The summed E-state index contributed by atoms with van der Waals surface area (Å²) in [6, 6.07) is 7.78. The fourth-order valence-corrected chi connectivity index (χ4v) is 2.08. The Kier molecular flexibility index (Phi) is 4.29. The van der Waals surface area contributed by atoms with E-state index in [9.17, 15) is 13.2 Å². The minimum Gasteiger partial charge on any atom is -0.497 e. The Morgan fingerprint density at radius 1 is 1.00 bits per heavy atom. The summed E-state index contributed by atoms with van der Waals surface area (Å²) in [6.07, 6.45) is 0. The van der Waals surface area contributed by atoms with Crippen LogP contribution in [-0.4, -0.2) is 14.2 Å². The zero-order chi connectivity index (χ0) is 14.7. The average molecular weight is 281 g/mol.